The maximum atomic E-state index is 13.0. The highest BCUT2D eigenvalue weighted by atomic mass is 16.2. The van der Waals surface area contributed by atoms with Crippen LogP contribution in [0.2, 0.25) is 0 Å². The Balaban J connectivity index is 1.56. The van der Waals surface area contributed by atoms with Crippen molar-refractivity contribution in [3.63, 3.8) is 0 Å². The van der Waals surface area contributed by atoms with E-state index in [9.17, 15) is 9.59 Å². The molecule has 0 saturated carbocycles. The summed E-state index contributed by atoms with van der Waals surface area (Å²) in [7, 11) is 0. The number of aromatic nitrogens is 3. The van der Waals surface area contributed by atoms with Gasteiger partial charge in [-0.05, 0) is 24.1 Å². The number of carbonyl (C=O) groups is 2. The van der Waals surface area contributed by atoms with Crippen LogP contribution in [0, 0.1) is 0 Å². The van der Waals surface area contributed by atoms with Crippen LogP contribution in [0.4, 0.5) is 4.79 Å². The molecule has 8 nitrogen and oxygen atoms in total. The van der Waals surface area contributed by atoms with Crippen LogP contribution in [0.1, 0.15) is 24.1 Å². The molecule has 0 unspecified atom stereocenters. The summed E-state index contributed by atoms with van der Waals surface area (Å²) in [5, 5.41) is 15.5. The lowest BCUT2D eigenvalue weighted by atomic mass is 9.96. The van der Waals surface area contributed by atoms with Crippen LogP contribution in [-0.2, 0) is 11.3 Å². The average Bonchev–Trinajstić information content (AvgIpc) is 3.21. The van der Waals surface area contributed by atoms with Crippen molar-refractivity contribution in [2.75, 3.05) is 0 Å². The molecule has 4 rings (SSSR count). The van der Waals surface area contributed by atoms with E-state index in [0.717, 1.165) is 22.4 Å². The number of hydrogen-bond donors (Lipinski definition) is 4. The van der Waals surface area contributed by atoms with Crippen LogP contribution >= 0.6 is 0 Å². The van der Waals surface area contributed by atoms with Crippen molar-refractivity contribution in [3.05, 3.63) is 83.5 Å². The third kappa shape index (κ3) is 3.86. The van der Waals surface area contributed by atoms with Gasteiger partial charge in [0.05, 0.1) is 23.5 Å². The largest absolute Gasteiger partial charge is 0.348 e. The number of rotatable bonds is 5. The molecule has 0 bridgehead atoms. The van der Waals surface area contributed by atoms with Crippen molar-refractivity contribution < 1.29 is 9.59 Å². The molecule has 0 saturated heterocycles. The van der Waals surface area contributed by atoms with Crippen LogP contribution in [0.3, 0.4) is 0 Å². The minimum Gasteiger partial charge on any atom is -0.348 e. The van der Waals surface area contributed by atoms with E-state index in [2.05, 4.69) is 31.1 Å². The molecule has 3 aromatic rings. The summed E-state index contributed by atoms with van der Waals surface area (Å²) in [5.74, 6) is -0.274. The van der Waals surface area contributed by atoms with Crippen molar-refractivity contribution in [2.45, 2.75) is 19.5 Å². The van der Waals surface area contributed by atoms with E-state index in [0.29, 0.717) is 17.8 Å². The highest BCUT2D eigenvalue weighted by molar-refractivity contribution is 5.98. The van der Waals surface area contributed by atoms with Crippen molar-refractivity contribution in [2.24, 2.45) is 0 Å². The Morgan fingerprint density at radius 3 is 2.72 bits per heavy atom. The van der Waals surface area contributed by atoms with Gasteiger partial charge in [0.2, 0.25) is 0 Å². The number of H-pyrrole nitrogens is 1. The van der Waals surface area contributed by atoms with Gasteiger partial charge in [-0.2, -0.15) is 5.10 Å². The second kappa shape index (κ2) is 7.97. The second-order valence-corrected chi connectivity index (χ2v) is 6.68. The topological polar surface area (TPSA) is 112 Å². The highest BCUT2D eigenvalue weighted by Gasteiger charge is 2.31. The Morgan fingerprint density at radius 1 is 1.14 bits per heavy atom. The Hall–Kier alpha value is -3.94. The summed E-state index contributed by atoms with van der Waals surface area (Å²) in [4.78, 5) is 29.1. The standard InChI is InChI=1S/C21H20N6O2/c1-13-17(19(26-21(29)25-13)15-8-5-9-22-10-15)20(28)23-11-16-12-24-27-18(16)14-6-3-2-4-7-14/h2-10,12,19H,11H2,1H3,(H,23,28)(H,24,27)(H2,25,26,29)/t19-/m1/s1. The van der Waals surface area contributed by atoms with Crippen LogP contribution in [0.15, 0.2) is 72.3 Å². The van der Waals surface area contributed by atoms with Crippen LogP contribution in [-0.4, -0.2) is 27.1 Å². The van der Waals surface area contributed by atoms with Gasteiger partial charge in [-0.25, -0.2) is 4.79 Å². The van der Waals surface area contributed by atoms with Gasteiger partial charge in [0, 0.05) is 30.2 Å². The Labute approximate surface area is 167 Å². The summed E-state index contributed by atoms with van der Waals surface area (Å²) in [6, 6.07) is 12.5. The van der Waals surface area contributed by atoms with Crippen LogP contribution < -0.4 is 16.0 Å². The Morgan fingerprint density at radius 2 is 1.97 bits per heavy atom. The zero-order valence-electron chi connectivity index (χ0n) is 15.8. The quantitative estimate of drug-likeness (QED) is 0.538. The molecule has 8 heteroatoms. The first-order valence-corrected chi connectivity index (χ1v) is 9.17. The maximum absolute atomic E-state index is 13.0. The first-order chi connectivity index (χ1) is 14.1. The summed E-state index contributed by atoms with van der Waals surface area (Å²) >= 11 is 0. The third-order valence-electron chi connectivity index (χ3n) is 4.75. The van der Waals surface area contributed by atoms with E-state index in [-0.39, 0.29) is 11.9 Å². The smallest absolute Gasteiger partial charge is 0.319 e. The SMILES string of the molecule is CC1=C(C(=O)NCc2cn[nH]c2-c2ccccc2)[C@@H](c2cccnc2)NC(=O)N1. The number of allylic oxidation sites excluding steroid dienone is 1. The first-order valence-electron chi connectivity index (χ1n) is 9.17. The van der Waals surface area contributed by atoms with Crippen LogP contribution in [0.5, 0.6) is 0 Å². The summed E-state index contributed by atoms with van der Waals surface area (Å²) in [6.45, 7) is 2.01. The number of carbonyl (C=O) groups excluding carboxylic acids is 2. The molecular weight excluding hydrogens is 368 g/mol. The molecule has 3 heterocycles. The molecule has 2 aromatic heterocycles. The Kier molecular flexibility index (Phi) is 5.07. The molecule has 0 radical (unpaired) electrons. The Bertz CT molecular complexity index is 1060. The fourth-order valence-corrected chi connectivity index (χ4v) is 3.36. The maximum Gasteiger partial charge on any atom is 0.319 e. The van der Waals surface area contributed by atoms with Gasteiger partial charge in [0.15, 0.2) is 0 Å². The monoisotopic (exact) mass is 388 g/mol. The van der Waals surface area contributed by atoms with Gasteiger partial charge >= 0.3 is 6.03 Å². The van der Waals surface area contributed by atoms with Gasteiger partial charge < -0.3 is 16.0 Å². The zero-order valence-corrected chi connectivity index (χ0v) is 15.8. The average molecular weight is 388 g/mol. The van der Waals surface area contributed by atoms with Gasteiger partial charge in [0.1, 0.15) is 0 Å². The lowest BCUT2D eigenvalue weighted by Gasteiger charge is -2.28. The molecule has 0 fully saturated rings. The number of aromatic amines is 1. The van der Waals surface area contributed by atoms with E-state index in [1.807, 2.05) is 36.4 Å². The molecule has 29 heavy (non-hydrogen) atoms. The minimum absolute atomic E-state index is 0.274. The van der Waals surface area contributed by atoms with E-state index in [4.69, 9.17) is 0 Å². The van der Waals surface area contributed by atoms with Crippen molar-refractivity contribution >= 4 is 11.9 Å². The number of hydrogen-bond acceptors (Lipinski definition) is 4. The molecule has 0 aliphatic carbocycles. The molecule has 3 amide bonds. The number of urea groups is 1. The molecule has 1 atom stereocenters. The summed E-state index contributed by atoms with van der Waals surface area (Å²) < 4.78 is 0. The van der Waals surface area contributed by atoms with Gasteiger partial charge in [0.25, 0.3) is 5.91 Å². The lowest BCUT2D eigenvalue weighted by Crippen LogP contribution is -2.46. The number of nitrogens with one attached hydrogen (secondary N) is 4. The third-order valence-corrected chi connectivity index (χ3v) is 4.75. The summed E-state index contributed by atoms with van der Waals surface area (Å²) in [5.41, 5.74) is 4.41. The fourth-order valence-electron chi connectivity index (χ4n) is 3.36. The van der Waals surface area contributed by atoms with E-state index < -0.39 is 6.04 Å². The molecular formula is C21H20N6O2. The highest BCUT2D eigenvalue weighted by Crippen LogP contribution is 2.26. The lowest BCUT2D eigenvalue weighted by molar-refractivity contribution is -0.118. The number of pyridine rings is 1. The second-order valence-electron chi connectivity index (χ2n) is 6.68. The predicted octanol–water partition coefficient (Wildman–Crippen LogP) is 2.42. The fraction of sp³-hybridized carbons (Fsp3) is 0.143. The van der Waals surface area contributed by atoms with Crippen molar-refractivity contribution in [1.82, 2.24) is 31.1 Å². The van der Waals surface area contributed by atoms with E-state index in [1.165, 1.54) is 0 Å². The van der Waals surface area contributed by atoms with Gasteiger partial charge in [-0.15, -0.1) is 0 Å². The molecule has 1 aliphatic rings. The molecule has 1 aliphatic heterocycles. The zero-order chi connectivity index (χ0) is 20.2. The number of amides is 3. The normalized spacial score (nSPS) is 16.2. The number of nitrogens with zero attached hydrogens (tertiary/aromatic N) is 2. The van der Waals surface area contributed by atoms with Gasteiger partial charge in [-0.3, -0.25) is 14.9 Å². The van der Waals surface area contributed by atoms with Gasteiger partial charge in [-0.1, -0.05) is 36.4 Å². The first kappa shape index (κ1) is 18.4. The van der Waals surface area contributed by atoms with E-state index in [1.54, 1.807) is 31.6 Å². The molecule has 146 valence electrons. The molecule has 4 N–H and O–H groups in total. The number of benzene rings is 1. The molecule has 1 aromatic carbocycles. The van der Waals surface area contributed by atoms with Crippen LogP contribution in [0.25, 0.3) is 11.3 Å². The van der Waals surface area contributed by atoms with Crippen molar-refractivity contribution in [3.8, 4) is 11.3 Å². The predicted molar refractivity (Wildman–Crippen MR) is 107 cm³/mol. The molecule has 0 spiro atoms. The summed E-state index contributed by atoms with van der Waals surface area (Å²) in [6.07, 6.45) is 4.98. The van der Waals surface area contributed by atoms with Crippen molar-refractivity contribution in [1.29, 1.82) is 0 Å². The van der Waals surface area contributed by atoms with E-state index >= 15 is 0 Å². The minimum atomic E-state index is -0.574.